The van der Waals surface area contributed by atoms with Gasteiger partial charge in [0.15, 0.2) is 0 Å². The zero-order valence-corrected chi connectivity index (χ0v) is 58.0. The minimum atomic E-state index is -4.46. The number of carbonyl (C=O) groups is 2. The van der Waals surface area contributed by atoms with Crippen molar-refractivity contribution >= 4 is 19.7 Å². The summed E-state index contributed by atoms with van der Waals surface area (Å²) in [5, 5.41) is 3.08. The molecule has 0 saturated carbocycles. The molecule has 498 valence electrons. The van der Waals surface area contributed by atoms with E-state index in [-0.39, 0.29) is 31.5 Å². The number of esters is 1. The van der Waals surface area contributed by atoms with Gasteiger partial charge >= 0.3 is 13.8 Å². The molecule has 0 bridgehead atoms. The molecule has 0 aliphatic carbocycles. The Morgan fingerprint density at radius 1 is 0.412 bits per heavy atom. The molecule has 0 rings (SSSR count). The first kappa shape index (κ1) is 82.7. The number of likely N-dealkylation sites (N-methyl/N-ethyl adjacent to an activating group) is 1. The van der Waals surface area contributed by atoms with Crippen LogP contribution < -0.4 is 5.32 Å². The molecule has 10 heteroatoms. The summed E-state index contributed by atoms with van der Waals surface area (Å²) in [7, 11) is 1.50. The molecule has 0 saturated heterocycles. The molecule has 9 nitrogen and oxygen atoms in total. The summed E-state index contributed by atoms with van der Waals surface area (Å²) >= 11 is 0. The average Bonchev–Trinajstić information content (AvgIpc) is 3.53. The zero-order chi connectivity index (χ0) is 62.1. The lowest BCUT2D eigenvalue weighted by Gasteiger charge is -2.27. The van der Waals surface area contributed by atoms with E-state index >= 15 is 0 Å². The topological polar surface area (TPSA) is 111 Å². The summed E-state index contributed by atoms with van der Waals surface area (Å²) in [5.41, 5.74) is 0. The van der Waals surface area contributed by atoms with Crippen LogP contribution in [0.25, 0.3) is 0 Å². The molecular weight excluding hydrogens is 1070 g/mol. The van der Waals surface area contributed by atoms with Gasteiger partial charge in [0.25, 0.3) is 0 Å². The van der Waals surface area contributed by atoms with Gasteiger partial charge in [-0.25, -0.2) is 4.57 Å². The summed E-state index contributed by atoms with van der Waals surface area (Å²) < 4.78 is 30.9. The Morgan fingerprint density at radius 3 is 1.08 bits per heavy atom. The Balaban J connectivity index is 5.02. The molecule has 3 atom stereocenters. The number of unbranched alkanes of at least 4 members (excludes halogenated alkanes) is 43. The van der Waals surface area contributed by atoms with E-state index in [1.54, 1.807) is 0 Å². The van der Waals surface area contributed by atoms with Crippen LogP contribution in [0, 0.1) is 0 Å². The van der Waals surface area contributed by atoms with E-state index in [9.17, 15) is 19.0 Å². The van der Waals surface area contributed by atoms with E-state index in [1.807, 2.05) is 33.3 Å². The van der Waals surface area contributed by atoms with Crippen LogP contribution in [0.4, 0.5) is 0 Å². The fourth-order valence-electron chi connectivity index (χ4n) is 10.8. The summed E-state index contributed by atoms with van der Waals surface area (Å²) in [6.07, 6.45) is 83.7. The summed E-state index contributed by atoms with van der Waals surface area (Å²) in [4.78, 5) is 37.9. The minimum absolute atomic E-state index is 0.0402. The predicted molar refractivity (Wildman–Crippen MR) is 369 cm³/mol. The van der Waals surface area contributed by atoms with E-state index in [1.165, 1.54) is 250 Å². The van der Waals surface area contributed by atoms with Crippen molar-refractivity contribution in [2.75, 3.05) is 40.9 Å². The van der Waals surface area contributed by atoms with Crippen LogP contribution in [0.3, 0.4) is 0 Å². The number of rotatable bonds is 67. The Hall–Kier alpha value is -2.29. The van der Waals surface area contributed by atoms with Crippen LogP contribution in [0.15, 0.2) is 60.8 Å². The summed E-state index contributed by atoms with van der Waals surface area (Å²) in [6.45, 7) is 7.01. The van der Waals surface area contributed by atoms with Gasteiger partial charge in [-0.3, -0.25) is 18.6 Å². The van der Waals surface area contributed by atoms with Gasteiger partial charge in [-0.15, -0.1) is 0 Å². The van der Waals surface area contributed by atoms with E-state index in [2.05, 4.69) is 74.7 Å². The Kier molecular flexibility index (Phi) is 62.9. The van der Waals surface area contributed by atoms with Crippen molar-refractivity contribution in [1.82, 2.24) is 5.32 Å². The highest BCUT2D eigenvalue weighted by Crippen LogP contribution is 2.43. The van der Waals surface area contributed by atoms with Crippen molar-refractivity contribution in [1.29, 1.82) is 0 Å². The molecule has 0 aliphatic rings. The molecule has 0 radical (unpaired) electrons. The fraction of sp³-hybridized carbons (Fsp3) is 0.840. The second-order valence-electron chi connectivity index (χ2n) is 26.1. The Morgan fingerprint density at radius 2 is 0.718 bits per heavy atom. The maximum absolute atomic E-state index is 13.6. The van der Waals surface area contributed by atoms with E-state index < -0.39 is 20.0 Å². The van der Waals surface area contributed by atoms with Gasteiger partial charge < -0.3 is 19.4 Å². The number of nitrogens with zero attached hydrogens (tertiary/aromatic N) is 1. The van der Waals surface area contributed by atoms with Crippen LogP contribution in [0.5, 0.6) is 0 Å². The standard InChI is InChI=1S/C75H141N2O7P/c1-7-10-13-16-19-22-25-28-30-32-34-35-36-37-38-39-40-41-43-44-46-49-52-55-58-61-64-67-74(78)76-72(71-83-85(80,81)82-70-69-77(4,5)6)73(66-63-60-57-54-51-48-27-24-21-18-15-12-9-3)84-75(79)68-65-62-59-56-53-50-47-45-42-33-31-29-26-23-20-17-14-11-8-2/h19-20,22-23,28-31,63,66,72-73H,7-18,21,24-27,32-62,64-65,67-71H2,1-6H3,(H-,76,78,80,81)/p+1/b22-19-,23-20-,30-28-,31-29-,66-63-. The summed E-state index contributed by atoms with van der Waals surface area (Å²) in [5.74, 6) is -0.495. The number of ether oxygens (including phenoxy) is 1. The third-order valence-electron chi connectivity index (χ3n) is 16.4. The lowest BCUT2D eigenvalue weighted by Crippen LogP contribution is -2.47. The number of hydrogen-bond donors (Lipinski definition) is 2. The third-order valence-corrected chi connectivity index (χ3v) is 17.4. The van der Waals surface area contributed by atoms with E-state index in [4.69, 9.17) is 13.8 Å². The van der Waals surface area contributed by atoms with Crippen molar-refractivity contribution in [3.8, 4) is 0 Å². The number of carbonyl (C=O) groups excluding carboxylic acids is 2. The molecule has 0 aromatic rings. The Labute approximate surface area is 528 Å². The molecule has 0 aliphatic heterocycles. The normalized spacial score (nSPS) is 13.8. The number of phosphoric acid groups is 1. The zero-order valence-electron chi connectivity index (χ0n) is 57.1. The molecule has 85 heavy (non-hydrogen) atoms. The van der Waals surface area contributed by atoms with Crippen LogP contribution in [0.2, 0.25) is 0 Å². The largest absolute Gasteiger partial charge is 0.472 e. The molecule has 3 unspecified atom stereocenters. The van der Waals surface area contributed by atoms with Crippen LogP contribution in [0.1, 0.15) is 355 Å². The van der Waals surface area contributed by atoms with Crippen molar-refractivity contribution in [3.05, 3.63) is 60.8 Å². The Bertz CT molecular complexity index is 1640. The minimum Gasteiger partial charge on any atom is -0.456 e. The van der Waals surface area contributed by atoms with E-state index in [0.29, 0.717) is 17.4 Å². The van der Waals surface area contributed by atoms with E-state index in [0.717, 1.165) is 70.6 Å². The van der Waals surface area contributed by atoms with Crippen molar-refractivity contribution in [3.63, 3.8) is 0 Å². The molecule has 0 aromatic heterocycles. The highest BCUT2D eigenvalue weighted by Gasteiger charge is 2.30. The lowest BCUT2D eigenvalue weighted by molar-refractivity contribution is -0.870. The second-order valence-corrected chi connectivity index (χ2v) is 27.6. The quantitative estimate of drug-likeness (QED) is 0.0205. The molecule has 0 spiro atoms. The first-order chi connectivity index (χ1) is 41.4. The molecule has 0 heterocycles. The first-order valence-corrected chi connectivity index (χ1v) is 38.1. The molecule has 2 N–H and O–H groups in total. The third kappa shape index (κ3) is 66.0. The molecule has 1 amide bonds. The first-order valence-electron chi connectivity index (χ1n) is 36.6. The molecule has 0 aromatic carbocycles. The number of phosphoric ester groups is 1. The van der Waals surface area contributed by atoms with Crippen LogP contribution in [-0.4, -0.2) is 74.3 Å². The van der Waals surface area contributed by atoms with Crippen molar-refractivity contribution < 1.29 is 37.3 Å². The number of amides is 1. The lowest BCUT2D eigenvalue weighted by atomic mass is 10.0. The van der Waals surface area contributed by atoms with Gasteiger partial charge in [-0.2, -0.15) is 0 Å². The highest BCUT2D eigenvalue weighted by atomic mass is 31.2. The average molecular weight is 1210 g/mol. The van der Waals surface area contributed by atoms with Gasteiger partial charge in [0.2, 0.25) is 5.91 Å². The monoisotopic (exact) mass is 1210 g/mol. The SMILES string of the molecule is CCCCC/C=C\C/C=C\CCCCCCCCCCCCCCCCCCCC(=O)NC(COP(=O)(O)OCC[N+](C)(C)C)C(/C=C\CCCCCCCCCCCCC)OC(=O)CCCCCCCCCCC/C=C\C/C=C\CCCCC. The number of quaternary nitrogens is 1. The maximum atomic E-state index is 13.6. The molecular formula is C75H142N2O7P+. The van der Waals surface area contributed by atoms with Crippen molar-refractivity contribution in [2.24, 2.45) is 0 Å². The maximum Gasteiger partial charge on any atom is 0.472 e. The van der Waals surface area contributed by atoms with Crippen molar-refractivity contribution in [2.45, 2.75) is 367 Å². The number of allylic oxidation sites excluding steroid dienone is 9. The number of hydrogen-bond acceptors (Lipinski definition) is 6. The fourth-order valence-corrected chi connectivity index (χ4v) is 11.5. The highest BCUT2D eigenvalue weighted by molar-refractivity contribution is 7.47. The second kappa shape index (κ2) is 64.7. The van der Waals surface area contributed by atoms with Gasteiger partial charge in [0.1, 0.15) is 19.3 Å². The van der Waals surface area contributed by atoms with Crippen LogP contribution >= 0.6 is 7.82 Å². The van der Waals surface area contributed by atoms with Gasteiger partial charge in [0, 0.05) is 12.8 Å². The van der Waals surface area contributed by atoms with Gasteiger partial charge in [0.05, 0.1) is 33.8 Å². The predicted octanol–water partition coefficient (Wildman–Crippen LogP) is 23.3. The summed E-state index contributed by atoms with van der Waals surface area (Å²) in [6, 6.07) is -0.851. The van der Waals surface area contributed by atoms with Crippen LogP contribution in [-0.2, 0) is 27.9 Å². The number of nitrogens with one attached hydrogen (secondary N) is 1. The van der Waals surface area contributed by atoms with Gasteiger partial charge in [-0.1, -0.05) is 307 Å². The van der Waals surface area contributed by atoms with Gasteiger partial charge in [-0.05, 0) is 96.0 Å². The smallest absolute Gasteiger partial charge is 0.456 e. The molecule has 0 fully saturated rings.